The lowest BCUT2D eigenvalue weighted by molar-refractivity contribution is 0.415. The molecule has 1 N–H and O–H groups in total. The molecule has 1 aromatic carbocycles. The Kier molecular flexibility index (Phi) is 3.41. The van der Waals surface area contributed by atoms with Crippen LogP contribution >= 0.6 is 0 Å². The second-order valence-electron chi connectivity index (χ2n) is 4.83. The van der Waals surface area contributed by atoms with Crippen molar-refractivity contribution in [1.82, 2.24) is 4.98 Å². The summed E-state index contributed by atoms with van der Waals surface area (Å²) in [5.74, 6) is 1.47. The molecule has 2 rings (SSSR count). The highest BCUT2D eigenvalue weighted by molar-refractivity contribution is 5.86. The van der Waals surface area contributed by atoms with E-state index in [-0.39, 0.29) is 0 Å². The normalized spacial score (nSPS) is 11.4. The van der Waals surface area contributed by atoms with E-state index in [0.717, 1.165) is 12.2 Å². The first-order chi connectivity index (χ1) is 8.17. The summed E-state index contributed by atoms with van der Waals surface area (Å²) in [4.78, 5) is 3.54. The molecule has 0 saturated carbocycles. The van der Waals surface area contributed by atoms with Crippen molar-refractivity contribution in [2.45, 2.75) is 39.5 Å². The van der Waals surface area contributed by atoms with Gasteiger partial charge in [-0.2, -0.15) is 0 Å². The molecule has 0 radical (unpaired) electrons. The van der Waals surface area contributed by atoms with Crippen molar-refractivity contribution in [2.75, 3.05) is 7.11 Å². The summed E-state index contributed by atoms with van der Waals surface area (Å²) in [7, 11) is 1.72. The summed E-state index contributed by atoms with van der Waals surface area (Å²) in [5, 5.41) is 1.31. The smallest absolute Gasteiger partial charge is 0.119 e. The summed E-state index contributed by atoms with van der Waals surface area (Å²) in [6, 6.07) is 6.26. The number of H-pyrrole nitrogens is 1. The van der Waals surface area contributed by atoms with Gasteiger partial charge in [0.15, 0.2) is 0 Å². The van der Waals surface area contributed by atoms with E-state index >= 15 is 0 Å². The lowest BCUT2D eigenvalue weighted by Crippen LogP contribution is -1.93. The van der Waals surface area contributed by atoms with Crippen LogP contribution in [-0.4, -0.2) is 12.1 Å². The third-order valence-electron chi connectivity index (χ3n) is 3.22. The van der Waals surface area contributed by atoms with E-state index in [9.17, 15) is 0 Å². The number of aryl methyl sites for hydroxylation is 1. The van der Waals surface area contributed by atoms with E-state index in [0.29, 0.717) is 5.92 Å². The molecule has 17 heavy (non-hydrogen) atoms. The molecule has 0 spiro atoms. The van der Waals surface area contributed by atoms with E-state index < -0.39 is 0 Å². The van der Waals surface area contributed by atoms with Crippen LogP contribution < -0.4 is 4.74 Å². The fraction of sp³-hybridized carbons (Fsp3) is 0.467. The first-order valence-electron chi connectivity index (χ1n) is 6.35. The molecule has 0 aliphatic carbocycles. The van der Waals surface area contributed by atoms with Crippen molar-refractivity contribution >= 4 is 10.9 Å². The van der Waals surface area contributed by atoms with Crippen LogP contribution in [0.4, 0.5) is 0 Å². The summed E-state index contributed by atoms with van der Waals surface area (Å²) >= 11 is 0. The first-order valence-corrected chi connectivity index (χ1v) is 6.35. The SMILES string of the molecule is CCCc1c(C(C)C)[nH]c2ccc(OC)cc12. The highest BCUT2D eigenvalue weighted by Crippen LogP contribution is 2.31. The number of hydrogen-bond acceptors (Lipinski definition) is 1. The molecule has 0 fully saturated rings. The molecule has 0 aliphatic heterocycles. The predicted octanol–water partition coefficient (Wildman–Crippen LogP) is 4.25. The molecule has 0 amide bonds. The second-order valence-corrected chi connectivity index (χ2v) is 4.83. The van der Waals surface area contributed by atoms with Crippen LogP contribution in [0.2, 0.25) is 0 Å². The van der Waals surface area contributed by atoms with E-state index in [2.05, 4.69) is 37.9 Å². The lowest BCUT2D eigenvalue weighted by atomic mass is 10.00. The van der Waals surface area contributed by atoms with Crippen molar-refractivity contribution < 1.29 is 4.74 Å². The van der Waals surface area contributed by atoms with Gasteiger partial charge in [-0.25, -0.2) is 0 Å². The number of aromatic nitrogens is 1. The van der Waals surface area contributed by atoms with Crippen LogP contribution in [0.25, 0.3) is 10.9 Å². The van der Waals surface area contributed by atoms with Gasteiger partial charge in [0.25, 0.3) is 0 Å². The number of methoxy groups -OCH3 is 1. The standard InChI is InChI=1S/C15H21NO/c1-5-6-12-13-9-11(17-4)7-8-14(13)16-15(12)10(2)3/h7-10,16H,5-6H2,1-4H3. The van der Waals surface area contributed by atoms with Crippen molar-refractivity contribution in [3.63, 3.8) is 0 Å². The molecule has 2 heteroatoms. The van der Waals surface area contributed by atoms with Gasteiger partial charge < -0.3 is 9.72 Å². The lowest BCUT2D eigenvalue weighted by Gasteiger charge is -2.06. The summed E-state index contributed by atoms with van der Waals surface area (Å²) in [5.41, 5.74) is 4.05. The zero-order valence-corrected chi connectivity index (χ0v) is 11.1. The van der Waals surface area contributed by atoms with Gasteiger partial charge >= 0.3 is 0 Å². The number of aromatic amines is 1. The number of rotatable bonds is 4. The van der Waals surface area contributed by atoms with Gasteiger partial charge in [0.2, 0.25) is 0 Å². The minimum absolute atomic E-state index is 0.537. The number of nitrogens with one attached hydrogen (secondary N) is 1. The largest absolute Gasteiger partial charge is 0.497 e. The highest BCUT2D eigenvalue weighted by Gasteiger charge is 2.13. The Hall–Kier alpha value is -1.44. The quantitative estimate of drug-likeness (QED) is 0.836. The minimum atomic E-state index is 0.537. The molecule has 0 bridgehead atoms. The molecule has 0 saturated heterocycles. The van der Waals surface area contributed by atoms with Gasteiger partial charge in [-0.15, -0.1) is 0 Å². The van der Waals surface area contributed by atoms with Gasteiger partial charge in [0.05, 0.1) is 7.11 Å². The van der Waals surface area contributed by atoms with Gasteiger partial charge in [-0.05, 0) is 36.1 Å². The minimum Gasteiger partial charge on any atom is -0.497 e. The van der Waals surface area contributed by atoms with Crippen LogP contribution in [0.3, 0.4) is 0 Å². The van der Waals surface area contributed by atoms with Crippen LogP contribution in [0, 0.1) is 0 Å². The van der Waals surface area contributed by atoms with E-state index in [4.69, 9.17) is 4.74 Å². The van der Waals surface area contributed by atoms with Crippen LogP contribution in [0.1, 0.15) is 44.4 Å². The van der Waals surface area contributed by atoms with Crippen LogP contribution in [0.5, 0.6) is 5.75 Å². The highest BCUT2D eigenvalue weighted by atomic mass is 16.5. The number of fused-ring (bicyclic) bond motifs is 1. The Labute approximate surface area is 103 Å². The predicted molar refractivity (Wildman–Crippen MR) is 72.9 cm³/mol. The Balaban J connectivity index is 2.63. The summed E-state index contributed by atoms with van der Waals surface area (Å²) in [6.45, 7) is 6.70. The zero-order valence-electron chi connectivity index (χ0n) is 11.1. The Bertz CT molecular complexity index is 511. The Morgan fingerprint density at radius 2 is 2.06 bits per heavy atom. The molecule has 0 atom stereocenters. The molecule has 0 unspecified atom stereocenters. The maximum Gasteiger partial charge on any atom is 0.119 e. The zero-order chi connectivity index (χ0) is 12.4. The molecule has 0 aliphatic rings. The summed E-state index contributed by atoms with van der Waals surface area (Å²) < 4.78 is 5.31. The first kappa shape index (κ1) is 12.0. The van der Waals surface area contributed by atoms with Crippen LogP contribution in [-0.2, 0) is 6.42 Å². The molecule has 2 aromatic rings. The number of hydrogen-bond donors (Lipinski definition) is 1. The molecule has 2 nitrogen and oxygen atoms in total. The molecule has 1 aromatic heterocycles. The monoisotopic (exact) mass is 231 g/mol. The fourth-order valence-corrected chi connectivity index (χ4v) is 2.39. The van der Waals surface area contributed by atoms with Crippen molar-refractivity contribution in [3.8, 4) is 5.75 Å². The third kappa shape index (κ3) is 2.17. The average molecular weight is 231 g/mol. The molecular weight excluding hydrogens is 210 g/mol. The van der Waals surface area contributed by atoms with Gasteiger partial charge in [0.1, 0.15) is 5.75 Å². The number of ether oxygens (including phenoxy) is 1. The maximum atomic E-state index is 5.31. The Morgan fingerprint density at radius 1 is 1.29 bits per heavy atom. The van der Waals surface area contributed by atoms with Crippen molar-refractivity contribution in [1.29, 1.82) is 0 Å². The van der Waals surface area contributed by atoms with Crippen molar-refractivity contribution in [2.24, 2.45) is 0 Å². The molecular formula is C15H21NO. The summed E-state index contributed by atoms with van der Waals surface area (Å²) in [6.07, 6.45) is 2.30. The van der Waals surface area contributed by atoms with E-state index in [1.165, 1.54) is 28.6 Å². The molecule has 1 heterocycles. The van der Waals surface area contributed by atoms with Gasteiger partial charge in [0, 0.05) is 16.6 Å². The Morgan fingerprint density at radius 3 is 2.65 bits per heavy atom. The third-order valence-corrected chi connectivity index (χ3v) is 3.22. The second kappa shape index (κ2) is 4.82. The van der Waals surface area contributed by atoms with E-state index in [1.807, 2.05) is 6.07 Å². The van der Waals surface area contributed by atoms with Crippen molar-refractivity contribution in [3.05, 3.63) is 29.5 Å². The van der Waals surface area contributed by atoms with Crippen LogP contribution in [0.15, 0.2) is 18.2 Å². The maximum absolute atomic E-state index is 5.31. The van der Waals surface area contributed by atoms with Gasteiger partial charge in [-0.3, -0.25) is 0 Å². The van der Waals surface area contributed by atoms with E-state index in [1.54, 1.807) is 7.11 Å². The van der Waals surface area contributed by atoms with Gasteiger partial charge in [-0.1, -0.05) is 27.2 Å². The fourth-order valence-electron chi connectivity index (χ4n) is 2.39. The number of benzene rings is 1. The topological polar surface area (TPSA) is 25.0 Å². The molecule has 92 valence electrons. The average Bonchev–Trinajstić information content (AvgIpc) is 2.68.